The summed E-state index contributed by atoms with van der Waals surface area (Å²) in [5.74, 6) is 0.625. The van der Waals surface area contributed by atoms with Crippen LogP contribution in [0.2, 0.25) is 0 Å². The summed E-state index contributed by atoms with van der Waals surface area (Å²) in [4.78, 5) is 16.0. The number of aromatic nitrogens is 1. The molecule has 0 saturated heterocycles. The van der Waals surface area contributed by atoms with Crippen LogP contribution in [-0.4, -0.2) is 17.5 Å². The Kier molecular flexibility index (Phi) is 5.10. The first-order chi connectivity index (χ1) is 10.6. The Morgan fingerprint density at radius 3 is 2.86 bits per heavy atom. The summed E-state index contributed by atoms with van der Waals surface area (Å²) in [6, 6.07) is 10.5. The van der Waals surface area contributed by atoms with Gasteiger partial charge in [-0.3, -0.25) is 9.78 Å². The number of pyridine rings is 1. The van der Waals surface area contributed by atoms with Gasteiger partial charge >= 0.3 is 0 Å². The lowest BCUT2D eigenvalue weighted by Gasteiger charge is -2.11. The summed E-state index contributed by atoms with van der Waals surface area (Å²) in [7, 11) is 0. The number of carbonyl (C=O) groups is 1. The molecule has 0 aliphatic rings. The first kappa shape index (κ1) is 15.5. The van der Waals surface area contributed by atoms with E-state index in [1.165, 1.54) is 6.20 Å². The number of nitrogens with one attached hydrogen (secondary N) is 1. The summed E-state index contributed by atoms with van der Waals surface area (Å²) in [6.07, 6.45) is 3.09. The quantitative estimate of drug-likeness (QED) is 0.918. The molecule has 0 aliphatic carbocycles. The average Bonchev–Trinajstić information content (AvgIpc) is 2.54. The van der Waals surface area contributed by atoms with Gasteiger partial charge in [-0.25, -0.2) is 0 Å². The molecule has 5 heteroatoms. The number of rotatable bonds is 5. The summed E-state index contributed by atoms with van der Waals surface area (Å²) in [5.41, 5.74) is 1.40. The van der Waals surface area contributed by atoms with Crippen LogP contribution in [0.3, 0.4) is 0 Å². The molecule has 112 valence electrons. The molecule has 0 spiro atoms. The standard InChI is InChI=1S/C17H17N3O2/c1-12(2)11-22-16-6-5-15(8-14(16)9-18)20-17(21)13-4-3-7-19-10-13/h3-8,10,12H,11H2,1-2H3,(H,20,21). The van der Waals surface area contributed by atoms with Gasteiger partial charge in [-0.1, -0.05) is 13.8 Å². The van der Waals surface area contributed by atoms with Crippen molar-refractivity contribution in [3.63, 3.8) is 0 Å². The zero-order chi connectivity index (χ0) is 15.9. The zero-order valence-electron chi connectivity index (χ0n) is 12.5. The molecule has 0 bridgehead atoms. The van der Waals surface area contributed by atoms with Gasteiger partial charge in [0, 0.05) is 18.1 Å². The lowest BCUT2D eigenvalue weighted by molar-refractivity contribution is 0.102. The highest BCUT2D eigenvalue weighted by atomic mass is 16.5. The number of hydrogen-bond donors (Lipinski definition) is 1. The van der Waals surface area contributed by atoms with Gasteiger partial charge in [0.05, 0.1) is 17.7 Å². The minimum Gasteiger partial charge on any atom is -0.492 e. The van der Waals surface area contributed by atoms with E-state index in [0.717, 1.165) is 0 Å². The van der Waals surface area contributed by atoms with E-state index in [4.69, 9.17) is 4.74 Å². The summed E-state index contributed by atoms with van der Waals surface area (Å²) in [6.45, 7) is 4.61. The van der Waals surface area contributed by atoms with E-state index in [0.29, 0.717) is 35.1 Å². The Labute approximate surface area is 129 Å². The van der Waals surface area contributed by atoms with Crippen LogP contribution in [0.15, 0.2) is 42.7 Å². The Morgan fingerprint density at radius 1 is 1.41 bits per heavy atom. The maximum atomic E-state index is 12.0. The van der Waals surface area contributed by atoms with Gasteiger partial charge in [-0.15, -0.1) is 0 Å². The molecular formula is C17H17N3O2. The van der Waals surface area contributed by atoms with Gasteiger partial charge in [0.1, 0.15) is 11.8 Å². The highest BCUT2D eigenvalue weighted by Gasteiger charge is 2.09. The lowest BCUT2D eigenvalue weighted by atomic mass is 10.1. The fourth-order valence-corrected chi connectivity index (χ4v) is 1.78. The molecule has 0 fully saturated rings. The van der Waals surface area contributed by atoms with Gasteiger partial charge in [0.15, 0.2) is 0 Å². The van der Waals surface area contributed by atoms with Crippen LogP contribution >= 0.6 is 0 Å². The molecule has 1 heterocycles. The predicted molar refractivity (Wildman–Crippen MR) is 83.7 cm³/mol. The van der Waals surface area contributed by atoms with Crippen molar-refractivity contribution in [2.24, 2.45) is 5.92 Å². The van der Waals surface area contributed by atoms with Crippen LogP contribution < -0.4 is 10.1 Å². The normalized spacial score (nSPS) is 10.1. The van der Waals surface area contributed by atoms with Crippen molar-refractivity contribution in [3.8, 4) is 11.8 Å². The molecule has 1 N–H and O–H groups in total. The van der Waals surface area contributed by atoms with Crippen molar-refractivity contribution < 1.29 is 9.53 Å². The maximum Gasteiger partial charge on any atom is 0.257 e. The van der Waals surface area contributed by atoms with Crippen LogP contribution in [-0.2, 0) is 0 Å². The Morgan fingerprint density at radius 2 is 2.23 bits per heavy atom. The molecular weight excluding hydrogens is 278 g/mol. The number of nitrogens with zero attached hydrogens (tertiary/aromatic N) is 2. The van der Waals surface area contributed by atoms with E-state index in [-0.39, 0.29) is 5.91 Å². The van der Waals surface area contributed by atoms with Crippen molar-refractivity contribution in [2.75, 3.05) is 11.9 Å². The predicted octanol–water partition coefficient (Wildman–Crippen LogP) is 3.24. The van der Waals surface area contributed by atoms with Crippen LogP contribution in [0.4, 0.5) is 5.69 Å². The Balaban J connectivity index is 2.13. The average molecular weight is 295 g/mol. The molecule has 22 heavy (non-hydrogen) atoms. The molecule has 0 radical (unpaired) electrons. The summed E-state index contributed by atoms with van der Waals surface area (Å²) < 4.78 is 5.59. The SMILES string of the molecule is CC(C)COc1ccc(NC(=O)c2cccnc2)cc1C#N. The molecule has 1 aromatic carbocycles. The minimum atomic E-state index is -0.271. The van der Waals surface area contributed by atoms with Gasteiger partial charge in [0.2, 0.25) is 0 Å². The highest BCUT2D eigenvalue weighted by molar-refractivity contribution is 6.04. The fourth-order valence-electron chi connectivity index (χ4n) is 1.78. The third-order valence-electron chi connectivity index (χ3n) is 2.85. The van der Waals surface area contributed by atoms with E-state index in [9.17, 15) is 10.1 Å². The summed E-state index contributed by atoms with van der Waals surface area (Å²) in [5, 5.41) is 11.9. The second-order valence-corrected chi connectivity index (χ2v) is 5.22. The third kappa shape index (κ3) is 4.06. The monoisotopic (exact) mass is 295 g/mol. The van der Waals surface area contributed by atoms with Crippen molar-refractivity contribution in [1.82, 2.24) is 4.98 Å². The first-order valence-electron chi connectivity index (χ1n) is 6.98. The second kappa shape index (κ2) is 7.23. The number of amides is 1. The van der Waals surface area contributed by atoms with Crippen molar-refractivity contribution >= 4 is 11.6 Å². The largest absolute Gasteiger partial charge is 0.492 e. The van der Waals surface area contributed by atoms with Crippen LogP contribution in [0.1, 0.15) is 29.8 Å². The number of carbonyl (C=O) groups excluding carboxylic acids is 1. The lowest BCUT2D eigenvalue weighted by Crippen LogP contribution is -2.12. The topological polar surface area (TPSA) is 75.0 Å². The van der Waals surface area contributed by atoms with E-state index in [2.05, 4.69) is 16.4 Å². The van der Waals surface area contributed by atoms with Crippen molar-refractivity contribution in [1.29, 1.82) is 5.26 Å². The zero-order valence-corrected chi connectivity index (χ0v) is 12.5. The van der Waals surface area contributed by atoms with Gasteiger partial charge in [-0.05, 0) is 36.2 Å². The molecule has 1 aromatic heterocycles. The number of nitriles is 1. The van der Waals surface area contributed by atoms with Crippen LogP contribution in [0.25, 0.3) is 0 Å². The van der Waals surface area contributed by atoms with E-state index >= 15 is 0 Å². The molecule has 2 aromatic rings. The van der Waals surface area contributed by atoms with Crippen LogP contribution in [0.5, 0.6) is 5.75 Å². The molecule has 2 rings (SSSR count). The smallest absolute Gasteiger partial charge is 0.257 e. The van der Waals surface area contributed by atoms with E-state index < -0.39 is 0 Å². The number of ether oxygens (including phenoxy) is 1. The molecule has 0 unspecified atom stereocenters. The fraction of sp³-hybridized carbons (Fsp3) is 0.235. The molecule has 5 nitrogen and oxygen atoms in total. The molecule has 0 saturated carbocycles. The Bertz CT molecular complexity index is 691. The van der Waals surface area contributed by atoms with E-state index in [1.54, 1.807) is 36.5 Å². The number of anilines is 1. The first-order valence-corrected chi connectivity index (χ1v) is 6.98. The van der Waals surface area contributed by atoms with Gasteiger partial charge < -0.3 is 10.1 Å². The number of benzene rings is 1. The maximum absolute atomic E-state index is 12.0. The van der Waals surface area contributed by atoms with Gasteiger partial charge in [-0.2, -0.15) is 5.26 Å². The Hall–Kier alpha value is -2.87. The van der Waals surface area contributed by atoms with Crippen molar-refractivity contribution in [2.45, 2.75) is 13.8 Å². The highest BCUT2D eigenvalue weighted by Crippen LogP contribution is 2.23. The van der Waals surface area contributed by atoms with Gasteiger partial charge in [0.25, 0.3) is 5.91 Å². The third-order valence-corrected chi connectivity index (χ3v) is 2.85. The second-order valence-electron chi connectivity index (χ2n) is 5.22. The summed E-state index contributed by atoms with van der Waals surface area (Å²) >= 11 is 0. The van der Waals surface area contributed by atoms with Crippen LogP contribution in [0, 0.1) is 17.2 Å². The van der Waals surface area contributed by atoms with Crippen molar-refractivity contribution in [3.05, 3.63) is 53.9 Å². The molecule has 1 amide bonds. The molecule has 0 atom stereocenters. The minimum absolute atomic E-state index is 0.271. The number of hydrogen-bond acceptors (Lipinski definition) is 4. The van der Waals surface area contributed by atoms with E-state index in [1.807, 2.05) is 13.8 Å². The molecule has 0 aliphatic heterocycles.